The fraction of sp³-hybridized carbons (Fsp3) is 0.500. The summed E-state index contributed by atoms with van der Waals surface area (Å²) in [6.07, 6.45) is 0. The van der Waals surface area contributed by atoms with Crippen molar-refractivity contribution in [2.24, 2.45) is 0 Å². The minimum Gasteiger partial charge on any atom is -0.465 e. The number of H-pyrrole nitrogens is 1. The summed E-state index contributed by atoms with van der Waals surface area (Å²) in [6, 6.07) is 3.75. The van der Waals surface area contributed by atoms with Crippen molar-refractivity contribution in [2.75, 3.05) is 24.7 Å². The van der Waals surface area contributed by atoms with Crippen molar-refractivity contribution in [1.82, 2.24) is 19.7 Å². The number of thiophene rings is 1. The zero-order valence-corrected chi connectivity index (χ0v) is 15.2. The summed E-state index contributed by atoms with van der Waals surface area (Å²) in [5.41, 5.74) is 0. The van der Waals surface area contributed by atoms with Crippen LogP contribution < -0.4 is 0 Å². The highest BCUT2D eigenvalue weighted by Crippen LogP contribution is 2.22. The van der Waals surface area contributed by atoms with Crippen LogP contribution >= 0.6 is 35.3 Å². The fourth-order valence-corrected chi connectivity index (χ4v) is 4.38. The van der Waals surface area contributed by atoms with Crippen molar-refractivity contribution < 1.29 is 9.53 Å². The van der Waals surface area contributed by atoms with Gasteiger partial charge in [-0.1, -0.05) is 6.07 Å². The minimum atomic E-state index is -0.232. The summed E-state index contributed by atoms with van der Waals surface area (Å²) in [4.78, 5) is 19.7. The average Bonchev–Trinajstić information content (AvgIpc) is 3.18. The molecular formula is C14H18N4O2S3. The number of rotatable bonds is 5. The first-order chi connectivity index (χ1) is 11.2. The van der Waals surface area contributed by atoms with Crippen molar-refractivity contribution >= 4 is 41.3 Å². The molecule has 1 saturated heterocycles. The maximum absolute atomic E-state index is 12.1. The van der Waals surface area contributed by atoms with E-state index in [1.165, 1.54) is 0 Å². The molecule has 1 atom stereocenters. The van der Waals surface area contributed by atoms with Crippen molar-refractivity contribution in [2.45, 2.75) is 19.6 Å². The van der Waals surface area contributed by atoms with Gasteiger partial charge in [-0.3, -0.25) is 14.8 Å². The summed E-state index contributed by atoms with van der Waals surface area (Å²) in [7, 11) is 0. The third-order valence-electron chi connectivity index (χ3n) is 3.55. The molecule has 0 radical (unpaired) electrons. The zero-order chi connectivity index (χ0) is 16.2. The van der Waals surface area contributed by atoms with Gasteiger partial charge in [-0.25, -0.2) is 4.68 Å². The van der Waals surface area contributed by atoms with E-state index in [0.717, 1.165) is 28.8 Å². The van der Waals surface area contributed by atoms with Crippen LogP contribution in [-0.2, 0) is 16.2 Å². The van der Waals surface area contributed by atoms with E-state index in [0.29, 0.717) is 18.0 Å². The second-order valence-electron chi connectivity index (χ2n) is 5.06. The lowest BCUT2D eigenvalue weighted by molar-refractivity contribution is -0.149. The van der Waals surface area contributed by atoms with Gasteiger partial charge in [0.15, 0.2) is 5.82 Å². The van der Waals surface area contributed by atoms with E-state index in [9.17, 15) is 4.79 Å². The number of aromatic amines is 1. The molecule has 1 aliphatic rings. The SMILES string of the molecule is CCOC(=O)[C@H]1CSCCN1Cn1[nH]c(-c2cccs2)nc1=S. The molecule has 0 bridgehead atoms. The van der Waals surface area contributed by atoms with Gasteiger partial charge in [0.25, 0.3) is 0 Å². The summed E-state index contributed by atoms with van der Waals surface area (Å²) < 4.78 is 7.50. The van der Waals surface area contributed by atoms with Gasteiger partial charge in [-0.2, -0.15) is 16.7 Å². The lowest BCUT2D eigenvalue weighted by Crippen LogP contribution is -2.48. The van der Waals surface area contributed by atoms with Gasteiger partial charge < -0.3 is 4.74 Å². The average molecular weight is 371 g/mol. The molecule has 0 unspecified atom stereocenters. The highest BCUT2D eigenvalue weighted by atomic mass is 32.2. The first-order valence-corrected chi connectivity index (χ1v) is 9.82. The monoisotopic (exact) mass is 370 g/mol. The zero-order valence-electron chi connectivity index (χ0n) is 12.7. The maximum Gasteiger partial charge on any atom is 0.324 e. The summed E-state index contributed by atoms with van der Waals surface area (Å²) in [5, 5.41) is 5.24. The van der Waals surface area contributed by atoms with Crippen molar-refractivity contribution in [1.29, 1.82) is 0 Å². The standard InChI is InChI=1S/C14H18N4O2S3/c1-2-20-13(19)10-8-22-7-5-17(10)9-18-14(21)15-12(16-18)11-4-3-6-23-11/h3-4,6,10H,2,5,7-9H2,1H3,(H,15,16,21)/t10-/m1/s1. The third-order valence-corrected chi connectivity index (χ3v) is 5.77. The Labute approximate surface area is 147 Å². The van der Waals surface area contributed by atoms with E-state index >= 15 is 0 Å². The number of carbonyl (C=O) groups is 1. The lowest BCUT2D eigenvalue weighted by atomic mass is 10.3. The molecule has 6 nitrogen and oxygen atoms in total. The molecule has 0 amide bonds. The Morgan fingerprint density at radius 1 is 1.61 bits per heavy atom. The number of ether oxygens (including phenoxy) is 1. The number of aromatic nitrogens is 3. The van der Waals surface area contributed by atoms with Crippen LogP contribution in [0.2, 0.25) is 0 Å². The normalized spacial score (nSPS) is 18.9. The second-order valence-corrected chi connectivity index (χ2v) is 7.52. The van der Waals surface area contributed by atoms with E-state index < -0.39 is 0 Å². The van der Waals surface area contributed by atoms with Crippen LogP contribution in [0.4, 0.5) is 0 Å². The van der Waals surface area contributed by atoms with Gasteiger partial charge in [0.05, 0.1) is 18.2 Å². The van der Waals surface area contributed by atoms with Gasteiger partial charge in [0, 0.05) is 18.1 Å². The van der Waals surface area contributed by atoms with Crippen LogP contribution in [-0.4, -0.2) is 56.3 Å². The molecule has 1 fully saturated rings. The summed E-state index contributed by atoms with van der Waals surface area (Å²) >= 11 is 8.74. The minimum absolute atomic E-state index is 0.163. The van der Waals surface area contributed by atoms with Crippen LogP contribution in [0.15, 0.2) is 17.5 Å². The molecule has 0 spiro atoms. The fourth-order valence-electron chi connectivity index (χ4n) is 2.42. The Morgan fingerprint density at radius 2 is 2.48 bits per heavy atom. The van der Waals surface area contributed by atoms with Crippen LogP contribution in [0, 0.1) is 4.77 Å². The predicted octanol–water partition coefficient (Wildman–Crippen LogP) is 2.61. The van der Waals surface area contributed by atoms with Crippen LogP contribution in [0.25, 0.3) is 10.7 Å². The quantitative estimate of drug-likeness (QED) is 0.645. The topological polar surface area (TPSA) is 63.1 Å². The second kappa shape index (κ2) is 7.61. The highest BCUT2D eigenvalue weighted by molar-refractivity contribution is 7.99. The Morgan fingerprint density at radius 3 is 3.22 bits per heavy atom. The number of nitrogens with zero attached hydrogens (tertiary/aromatic N) is 3. The van der Waals surface area contributed by atoms with Gasteiger partial charge in [0.2, 0.25) is 4.77 Å². The van der Waals surface area contributed by atoms with E-state index in [1.807, 2.05) is 29.1 Å². The Balaban J connectivity index is 1.77. The highest BCUT2D eigenvalue weighted by Gasteiger charge is 2.30. The summed E-state index contributed by atoms with van der Waals surface area (Å²) in [6.45, 7) is 3.57. The van der Waals surface area contributed by atoms with Crippen molar-refractivity contribution in [3.05, 3.63) is 22.3 Å². The Hall–Kier alpha value is -1.16. The number of thioether (sulfide) groups is 1. The van der Waals surface area contributed by atoms with Gasteiger partial charge in [-0.15, -0.1) is 11.3 Å². The Kier molecular flexibility index (Phi) is 5.52. The molecule has 0 saturated carbocycles. The number of esters is 1. The Bertz CT molecular complexity index is 710. The summed E-state index contributed by atoms with van der Waals surface area (Å²) in [5.74, 6) is 2.35. The molecule has 1 aliphatic heterocycles. The van der Waals surface area contributed by atoms with Gasteiger partial charge in [0.1, 0.15) is 6.04 Å². The largest absolute Gasteiger partial charge is 0.465 e. The van der Waals surface area contributed by atoms with Crippen molar-refractivity contribution in [3.63, 3.8) is 0 Å². The van der Waals surface area contributed by atoms with E-state index in [1.54, 1.807) is 23.1 Å². The van der Waals surface area contributed by atoms with Crippen LogP contribution in [0.3, 0.4) is 0 Å². The number of hydrogen-bond donors (Lipinski definition) is 1. The van der Waals surface area contributed by atoms with Gasteiger partial charge >= 0.3 is 5.97 Å². The molecular weight excluding hydrogens is 352 g/mol. The first-order valence-electron chi connectivity index (χ1n) is 7.38. The molecule has 2 aromatic rings. The first kappa shape index (κ1) is 16.7. The smallest absolute Gasteiger partial charge is 0.324 e. The van der Waals surface area contributed by atoms with Crippen LogP contribution in [0.1, 0.15) is 6.92 Å². The predicted molar refractivity (Wildman–Crippen MR) is 95.2 cm³/mol. The molecule has 3 rings (SSSR count). The third kappa shape index (κ3) is 3.85. The van der Waals surface area contributed by atoms with Crippen LogP contribution in [0.5, 0.6) is 0 Å². The molecule has 23 heavy (non-hydrogen) atoms. The molecule has 124 valence electrons. The van der Waals surface area contributed by atoms with E-state index in [4.69, 9.17) is 17.0 Å². The lowest BCUT2D eigenvalue weighted by Gasteiger charge is -2.33. The van der Waals surface area contributed by atoms with Crippen molar-refractivity contribution in [3.8, 4) is 10.7 Å². The molecule has 0 aromatic carbocycles. The van der Waals surface area contributed by atoms with Gasteiger partial charge in [-0.05, 0) is 30.6 Å². The molecule has 1 N–H and O–H groups in total. The molecule has 9 heteroatoms. The molecule has 0 aliphatic carbocycles. The number of nitrogens with one attached hydrogen (secondary N) is 1. The van der Waals surface area contributed by atoms with E-state index in [2.05, 4.69) is 15.0 Å². The maximum atomic E-state index is 12.1. The molecule has 3 heterocycles. The number of hydrogen-bond acceptors (Lipinski definition) is 7. The molecule has 2 aromatic heterocycles. The van der Waals surface area contributed by atoms with E-state index in [-0.39, 0.29) is 12.0 Å². The number of carbonyl (C=O) groups excluding carboxylic acids is 1.